The fraction of sp³-hybridized carbons (Fsp3) is 0.929. The van der Waals surface area contributed by atoms with Crippen LogP contribution in [0.3, 0.4) is 0 Å². The van der Waals surface area contributed by atoms with E-state index < -0.39 is 5.97 Å². The second kappa shape index (κ2) is 7.70. The third kappa shape index (κ3) is 5.07. The summed E-state index contributed by atoms with van der Waals surface area (Å²) in [6.45, 7) is 5.52. The normalized spacial score (nSPS) is 25.1. The minimum absolute atomic E-state index is 0.219. The quantitative estimate of drug-likeness (QED) is 0.744. The molecule has 0 aromatic carbocycles. The summed E-state index contributed by atoms with van der Waals surface area (Å²) < 4.78 is 0. The maximum absolute atomic E-state index is 10.9. The van der Waals surface area contributed by atoms with Gasteiger partial charge >= 0.3 is 5.97 Å². The molecule has 0 aliphatic heterocycles. The molecule has 1 fully saturated rings. The Hall–Kier alpha value is -0.570. The van der Waals surface area contributed by atoms with Crippen molar-refractivity contribution in [1.29, 1.82) is 0 Å². The SMILES string of the molecule is CCCC1CCC(N(CCC)CC(=O)O)CC1. The highest BCUT2D eigenvalue weighted by atomic mass is 16.4. The van der Waals surface area contributed by atoms with Crippen molar-refractivity contribution in [2.45, 2.75) is 64.8 Å². The number of hydrogen-bond donors (Lipinski definition) is 1. The first kappa shape index (κ1) is 14.5. The maximum atomic E-state index is 10.9. The zero-order chi connectivity index (χ0) is 12.7. The minimum atomic E-state index is -0.686. The standard InChI is InChI=1S/C14H27NO2/c1-3-5-12-6-8-13(9-7-12)15(10-4-2)11-14(16)17/h12-13H,3-11H2,1-2H3,(H,16,17). The summed E-state index contributed by atoms with van der Waals surface area (Å²) in [5.41, 5.74) is 0. The van der Waals surface area contributed by atoms with Crippen LogP contribution in [-0.2, 0) is 4.79 Å². The molecule has 17 heavy (non-hydrogen) atoms. The van der Waals surface area contributed by atoms with E-state index in [9.17, 15) is 4.79 Å². The predicted octanol–water partition coefficient (Wildman–Crippen LogP) is 3.14. The Morgan fingerprint density at radius 3 is 2.29 bits per heavy atom. The van der Waals surface area contributed by atoms with Gasteiger partial charge in [0.15, 0.2) is 0 Å². The predicted molar refractivity (Wildman–Crippen MR) is 70.2 cm³/mol. The van der Waals surface area contributed by atoms with Gasteiger partial charge in [-0.2, -0.15) is 0 Å². The van der Waals surface area contributed by atoms with Gasteiger partial charge < -0.3 is 5.11 Å². The van der Waals surface area contributed by atoms with Gasteiger partial charge in [-0.15, -0.1) is 0 Å². The Morgan fingerprint density at radius 1 is 1.18 bits per heavy atom. The van der Waals surface area contributed by atoms with Crippen molar-refractivity contribution in [2.24, 2.45) is 5.92 Å². The first-order valence-electron chi connectivity index (χ1n) is 7.13. The molecule has 0 unspecified atom stereocenters. The molecule has 0 aromatic rings. The topological polar surface area (TPSA) is 40.5 Å². The Morgan fingerprint density at radius 2 is 1.82 bits per heavy atom. The van der Waals surface area contributed by atoms with E-state index in [1.165, 1.54) is 38.5 Å². The fourth-order valence-electron chi connectivity index (χ4n) is 3.06. The molecule has 1 saturated carbocycles. The largest absolute Gasteiger partial charge is 0.480 e. The van der Waals surface area contributed by atoms with Crippen LogP contribution in [0, 0.1) is 5.92 Å². The van der Waals surface area contributed by atoms with Crippen molar-refractivity contribution in [3.05, 3.63) is 0 Å². The van der Waals surface area contributed by atoms with Crippen molar-refractivity contribution >= 4 is 5.97 Å². The second-order valence-corrected chi connectivity index (χ2v) is 5.33. The van der Waals surface area contributed by atoms with Crippen LogP contribution in [0.15, 0.2) is 0 Å². The van der Waals surface area contributed by atoms with Crippen molar-refractivity contribution < 1.29 is 9.90 Å². The van der Waals surface area contributed by atoms with E-state index >= 15 is 0 Å². The molecule has 0 radical (unpaired) electrons. The van der Waals surface area contributed by atoms with Gasteiger partial charge in [0.2, 0.25) is 0 Å². The van der Waals surface area contributed by atoms with Crippen LogP contribution in [0.1, 0.15) is 58.8 Å². The van der Waals surface area contributed by atoms with E-state index in [1.54, 1.807) is 0 Å². The van der Waals surface area contributed by atoms with Crippen molar-refractivity contribution in [2.75, 3.05) is 13.1 Å². The number of aliphatic carboxylic acids is 1. The van der Waals surface area contributed by atoms with Crippen LogP contribution in [0.5, 0.6) is 0 Å². The Balaban J connectivity index is 2.39. The monoisotopic (exact) mass is 241 g/mol. The molecule has 0 aromatic heterocycles. The lowest BCUT2D eigenvalue weighted by molar-refractivity contribution is -0.139. The Bertz CT molecular complexity index is 222. The van der Waals surface area contributed by atoms with E-state index in [-0.39, 0.29) is 6.54 Å². The zero-order valence-corrected chi connectivity index (χ0v) is 11.3. The summed E-state index contributed by atoms with van der Waals surface area (Å²) in [7, 11) is 0. The molecular weight excluding hydrogens is 214 g/mol. The van der Waals surface area contributed by atoms with E-state index in [0.717, 1.165) is 18.9 Å². The van der Waals surface area contributed by atoms with Crippen LogP contribution < -0.4 is 0 Å². The fourth-order valence-corrected chi connectivity index (χ4v) is 3.06. The van der Waals surface area contributed by atoms with Gasteiger partial charge in [-0.1, -0.05) is 26.7 Å². The number of carboxylic acid groups (broad SMARTS) is 1. The number of nitrogens with zero attached hydrogens (tertiary/aromatic N) is 1. The molecule has 0 atom stereocenters. The average Bonchev–Trinajstić information content (AvgIpc) is 2.29. The molecule has 3 nitrogen and oxygen atoms in total. The summed E-state index contributed by atoms with van der Waals surface area (Å²) in [4.78, 5) is 13.0. The van der Waals surface area contributed by atoms with E-state index in [4.69, 9.17) is 5.11 Å². The molecule has 0 amide bonds. The van der Waals surface area contributed by atoms with Crippen LogP contribution in [-0.4, -0.2) is 35.1 Å². The van der Waals surface area contributed by atoms with Crippen LogP contribution in [0.4, 0.5) is 0 Å². The smallest absolute Gasteiger partial charge is 0.317 e. The van der Waals surface area contributed by atoms with E-state index in [2.05, 4.69) is 18.7 Å². The number of rotatable bonds is 7. The number of carbonyl (C=O) groups is 1. The highest BCUT2D eigenvalue weighted by Crippen LogP contribution is 2.30. The third-order valence-corrected chi connectivity index (χ3v) is 3.88. The molecule has 3 heteroatoms. The van der Waals surface area contributed by atoms with Crippen molar-refractivity contribution in [3.63, 3.8) is 0 Å². The highest BCUT2D eigenvalue weighted by Gasteiger charge is 2.25. The summed E-state index contributed by atoms with van der Waals surface area (Å²) >= 11 is 0. The summed E-state index contributed by atoms with van der Waals surface area (Å²) in [5, 5.41) is 8.94. The van der Waals surface area contributed by atoms with Gasteiger partial charge in [-0.25, -0.2) is 0 Å². The van der Waals surface area contributed by atoms with Gasteiger partial charge in [0.1, 0.15) is 0 Å². The number of hydrogen-bond acceptors (Lipinski definition) is 2. The summed E-state index contributed by atoms with van der Waals surface area (Å²) in [6.07, 6.45) is 8.64. The molecule has 0 heterocycles. The summed E-state index contributed by atoms with van der Waals surface area (Å²) in [5.74, 6) is 0.207. The Kier molecular flexibility index (Phi) is 6.56. The molecular formula is C14H27NO2. The number of carboxylic acids is 1. The second-order valence-electron chi connectivity index (χ2n) is 5.33. The Labute approximate surface area is 105 Å². The van der Waals surface area contributed by atoms with Gasteiger partial charge in [0, 0.05) is 6.04 Å². The lowest BCUT2D eigenvalue weighted by Crippen LogP contribution is -2.41. The molecule has 100 valence electrons. The van der Waals surface area contributed by atoms with Crippen molar-refractivity contribution in [3.8, 4) is 0 Å². The first-order valence-corrected chi connectivity index (χ1v) is 7.13. The average molecular weight is 241 g/mol. The molecule has 0 saturated heterocycles. The van der Waals surface area contributed by atoms with E-state index in [0.29, 0.717) is 6.04 Å². The first-order chi connectivity index (χ1) is 8.17. The zero-order valence-electron chi connectivity index (χ0n) is 11.3. The lowest BCUT2D eigenvalue weighted by atomic mass is 9.83. The molecule has 1 N–H and O–H groups in total. The van der Waals surface area contributed by atoms with Crippen LogP contribution in [0.2, 0.25) is 0 Å². The van der Waals surface area contributed by atoms with Gasteiger partial charge in [-0.3, -0.25) is 9.69 Å². The molecule has 0 bridgehead atoms. The molecule has 1 aliphatic rings. The van der Waals surface area contributed by atoms with Crippen LogP contribution in [0.25, 0.3) is 0 Å². The van der Waals surface area contributed by atoms with E-state index in [1.807, 2.05) is 0 Å². The van der Waals surface area contributed by atoms with Gasteiger partial charge in [0.05, 0.1) is 6.54 Å². The highest BCUT2D eigenvalue weighted by molar-refractivity contribution is 5.69. The van der Waals surface area contributed by atoms with Gasteiger partial charge in [0.25, 0.3) is 0 Å². The van der Waals surface area contributed by atoms with Gasteiger partial charge in [-0.05, 0) is 44.6 Å². The van der Waals surface area contributed by atoms with Crippen LogP contribution >= 0.6 is 0 Å². The minimum Gasteiger partial charge on any atom is -0.480 e. The summed E-state index contributed by atoms with van der Waals surface area (Å²) in [6, 6.07) is 0.513. The third-order valence-electron chi connectivity index (χ3n) is 3.88. The molecule has 1 aliphatic carbocycles. The van der Waals surface area contributed by atoms with Crippen molar-refractivity contribution in [1.82, 2.24) is 4.90 Å². The molecule has 0 spiro atoms. The lowest BCUT2D eigenvalue weighted by Gasteiger charge is -2.36. The maximum Gasteiger partial charge on any atom is 0.317 e. The molecule has 1 rings (SSSR count).